The molecule has 0 radical (unpaired) electrons. The molecule has 2 aliphatic heterocycles. The van der Waals surface area contributed by atoms with Crippen LogP contribution in [0.4, 0.5) is 4.79 Å². The highest BCUT2D eigenvalue weighted by molar-refractivity contribution is 5.75. The van der Waals surface area contributed by atoms with Gasteiger partial charge in [-0.1, -0.05) is 0 Å². The van der Waals surface area contributed by atoms with Crippen molar-refractivity contribution in [2.45, 2.75) is 44.2 Å². The van der Waals surface area contributed by atoms with E-state index in [1.54, 1.807) is 4.90 Å². The summed E-state index contributed by atoms with van der Waals surface area (Å²) in [4.78, 5) is 24.5. The number of nitrogens with zero attached hydrogens (tertiary/aromatic N) is 1. The van der Waals surface area contributed by atoms with Gasteiger partial charge in [0.15, 0.2) is 0 Å². The molecule has 120 valence electrons. The molecule has 0 saturated carbocycles. The predicted molar refractivity (Wildman–Crippen MR) is 75.2 cm³/mol. The Morgan fingerprint density at radius 3 is 2.52 bits per heavy atom. The van der Waals surface area contributed by atoms with Crippen LogP contribution in [0.1, 0.15) is 32.6 Å². The van der Waals surface area contributed by atoms with Crippen molar-refractivity contribution in [3.05, 3.63) is 0 Å². The van der Waals surface area contributed by atoms with Crippen LogP contribution in [0.3, 0.4) is 0 Å². The monoisotopic (exact) mass is 300 g/mol. The van der Waals surface area contributed by atoms with Gasteiger partial charge in [0.05, 0.1) is 6.10 Å². The highest BCUT2D eigenvalue weighted by Gasteiger charge is 2.32. The molecule has 2 saturated heterocycles. The minimum Gasteiger partial charge on any atom is -0.480 e. The molecule has 2 N–H and O–H groups in total. The third kappa shape index (κ3) is 4.86. The van der Waals surface area contributed by atoms with Gasteiger partial charge in [-0.3, -0.25) is 0 Å². The van der Waals surface area contributed by atoms with Gasteiger partial charge in [-0.05, 0) is 32.6 Å². The molecule has 0 aromatic rings. The van der Waals surface area contributed by atoms with Crippen LogP contribution in [-0.2, 0) is 14.3 Å². The van der Waals surface area contributed by atoms with Crippen LogP contribution < -0.4 is 5.32 Å². The van der Waals surface area contributed by atoms with Crippen molar-refractivity contribution < 1.29 is 24.2 Å². The number of nitrogens with one attached hydrogen (secondary N) is 1. The Labute approximate surface area is 124 Å². The lowest BCUT2D eigenvalue weighted by Gasteiger charge is -2.38. The number of rotatable bonds is 4. The fraction of sp³-hybridized carbons (Fsp3) is 0.857. The zero-order chi connectivity index (χ0) is 15.3. The van der Waals surface area contributed by atoms with E-state index >= 15 is 0 Å². The van der Waals surface area contributed by atoms with Crippen LogP contribution in [0, 0.1) is 0 Å². The molecule has 2 fully saturated rings. The second kappa shape index (κ2) is 7.09. The molecule has 2 heterocycles. The molecular formula is C14H24N2O5. The number of urea groups is 1. The van der Waals surface area contributed by atoms with Crippen LogP contribution in [0.15, 0.2) is 0 Å². The first-order valence-electron chi connectivity index (χ1n) is 7.47. The van der Waals surface area contributed by atoms with Crippen LogP contribution in [0.2, 0.25) is 0 Å². The summed E-state index contributed by atoms with van der Waals surface area (Å²) in [7, 11) is 0. The van der Waals surface area contributed by atoms with E-state index < -0.39 is 5.97 Å². The smallest absolute Gasteiger partial charge is 0.329 e. The molecule has 7 nitrogen and oxygen atoms in total. The van der Waals surface area contributed by atoms with Crippen LogP contribution in [0.25, 0.3) is 0 Å². The Bertz CT molecular complexity index is 374. The van der Waals surface area contributed by atoms with Crippen molar-refractivity contribution in [1.29, 1.82) is 0 Å². The second-order valence-corrected chi connectivity index (χ2v) is 5.99. The van der Waals surface area contributed by atoms with Crippen molar-refractivity contribution in [3.63, 3.8) is 0 Å². The maximum atomic E-state index is 12.3. The SMILES string of the molecule is CC1(NC(=O)N2CCC(OCC(=O)O)CC2)CCOCC1. The van der Waals surface area contributed by atoms with Gasteiger partial charge in [-0.2, -0.15) is 0 Å². The Kier molecular flexibility index (Phi) is 5.41. The molecule has 0 aromatic carbocycles. The van der Waals surface area contributed by atoms with Gasteiger partial charge in [-0.25, -0.2) is 9.59 Å². The normalized spacial score (nSPS) is 22.8. The molecule has 0 unspecified atom stereocenters. The van der Waals surface area contributed by atoms with Gasteiger partial charge in [0, 0.05) is 31.8 Å². The minimum absolute atomic E-state index is 0.0453. The van der Waals surface area contributed by atoms with Crippen molar-refractivity contribution >= 4 is 12.0 Å². The lowest BCUT2D eigenvalue weighted by atomic mass is 9.93. The minimum atomic E-state index is -0.956. The maximum Gasteiger partial charge on any atom is 0.329 e. The fourth-order valence-corrected chi connectivity index (χ4v) is 2.70. The van der Waals surface area contributed by atoms with E-state index in [1.807, 2.05) is 0 Å². The summed E-state index contributed by atoms with van der Waals surface area (Å²) in [6.07, 6.45) is 2.96. The Hall–Kier alpha value is -1.34. The fourth-order valence-electron chi connectivity index (χ4n) is 2.70. The number of aliphatic carboxylic acids is 1. The molecular weight excluding hydrogens is 276 g/mol. The largest absolute Gasteiger partial charge is 0.480 e. The molecule has 0 atom stereocenters. The molecule has 0 spiro atoms. The van der Waals surface area contributed by atoms with E-state index in [0.29, 0.717) is 39.1 Å². The predicted octanol–water partition coefficient (Wildman–Crippen LogP) is 0.831. The summed E-state index contributed by atoms with van der Waals surface area (Å²) < 4.78 is 10.6. The Balaban J connectivity index is 1.73. The van der Waals surface area contributed by atoms with Gasteiger partial charge in [0.2, 0.25) is 0 Å². The molecule has 21 heavy (non-hydrogen) atoms. The van der Waals surface area contributed by atoms with E-state index in [9.17, 15) is 9.59 Å². The van der Waals surface area contributed by atoms with E-state index in [-0.39, 0.29) is 24.3 Å². The van der Waals surface area contributed by atoms with Crippen molar-refractivity contribution in [1.82, 2.24) is 10.2 Å². The molecule has 0 bridgehead atoms. The average molecular weight is 300 g/mol. The standard InChI is InChI=1S/C14H24N2O5/c1-14(4-8-20-9-5-14)15-13(19)16-6-2-11(3-7-16)21-10-12(17)18/h11H,2-10H2,1H3,(H,15,19)(H,17,18). The number of piperidine rings is 1. The van der Waals surface area contributed by atoms with Crippen molar-refractivity contribution in [2.75, 3.05) is 32.9 Å². The zero-order valence-corrected chi connectivity index (χ0v) is 12.5. The number of hydrogen-bond donors (Lipinski definition) is 2. The lowest BCUT2D eigenvalue weighted by Crippen LogP contribution is -2.55. The molecule has 7 heteroatoms. The van der Waals surface area contributed by atoms with Gasteiger partial charge in [0.25, 0.3) is 0 Å². The van der Waals surface area contributed by atoms with Crippen molar-refractivity contribution in [3.8, 4) is 0 Å². The van der Waals surface area contributed by atoms with Gasteiger partial charge in [0.1, 0.15) is 6.61 Å². The summed E-state index contributed by atoms with van der Waals surface area (Å²) in [5.41, 5.74) is -0.189. The molecule has 0 aromatic heterocycles. The summed E-state index contributed by atoms with van der Waals surface area (Å²) in [6.45, 7) is 4.35. The molecule has 2 rings (SSSR count). The number of hydrogen-bond acceptors (Lipinski definition) is 4. The van der Waals surface area contributed by atoms with Gasteiger partial charge >= 0.3 is 12.0 Å². The van der Waals surface area contributed by atoms with Gasteiger partial charge in [-0.15, -0.1) is 0 Å². The van der Waals surface area contributed by atoms with E-state index in [4.69, 9.17) is 14.6 Å². The number of likely N-dealkylation sites (tertiary alicyclic amines) is 1. The summed E-state index contributed by atoms with van der Waals surface area (Å²) >= 11 is 0. The zero-order valence-electron chi connectivity index (χ0n) is 12.5. The summed E-state index contributed by atoms with van der Waals surface area (Å²) in [5.74, 6) is -0.956. The number of carboxylic acids is 1. The van der Waals surface area contributed by atoms with Crippen LogP contribution in [-0.4, -0.2) is 66.6 Å². The maximum absolute atomic E-state index is 12.3. The quantitative estimate of drug-likeness (QED) is 0.803. The average Bonchev–Trinajstić information content (AvgIpc) is 2.46. The first-order chi connectivity index (χ1) is 9.98. The molecule has 0 aliphatic carbocycles. The second-order valence-electron chi connectivity index (χ2n) is 5.99. The van der Waals surface area contributed by atoms with E-state index in [1.165, 1.54) is 0 Å². The Morgan fingerprint density at radius 2 is 1.95 bits per heavy atom. The van der Waals surface area contributed by atoms with Crippen molar-refractivity contribution in [2.24, 2.45) is 0 Å². The molecule has 2 aliphatic rings. The van der Waals surface area contributed by atoms with Crippen LogP contribution in [0.5, 0.6) is 0 Å². The molecule has 2 amide bonds. The van der Waals surface area contributed by atoms with Gasteiger partial charge < -0.3 is 24.8 Å². The first-order valence-corrected chi connectivity index (χ1v) is 7.47. The van der Waals surface area contributed by atoms with E-state index in [2.05, 4.69) is 12.2 Å². The highest BCUT2D eigenvalue weighted by atomic mass is 16.5. The first kappa shape index (κ1) is 16.0. The highest BCUT2D eigenvalue weighted by Crippen LogP contribution is 2.21. The third-order valence-corrected chi connectivity index (χ3v) is 4.18. The number of carbonyl (C=O) groups is 2. The summed E-state index contributed by atoms with van der Waals surface area (Å²) in [6, 6.07) is -0.0453. The third-order valence-electron chi connectivity index (χ3n) is 4.18. The number of ether oxygens (including phenoxy) is 2. The van der Waals surface area contributed by atoms with Crippen LogP contribution >= 0.6 is 0 Å². The number of carbonyl (C=O) groups excluding carboxylic acids is 1. The number of carboxylic acid groups (broad SMARTS) is 1. The van der Waals surface area contributed by atoms with E-state index in [0.717, 1.165) is 12.8 Å². The number of amides is 2. The Morgan fingerprint density at radius 1 is 1.33 bits per heavy atom. The topological polar surface area (TPSA) is 88.1 Å². The lowest BCUT2D eigenvalue weighted by molar-refractivity contribution is -0.145. The summed E-state index contributed by atoms with van der Waals surface area (Å²) in [5, 5.41) is 11.7.